The molecule has 0 saturated carbocycles. The number of benzene rings is 1. The van der Waals surface area contributed by atoms with Crippen molar-refractivity contribution >= 4 is 17.4 Å². The summed E-state index contributed by atoms with van der Waals surface area (Å²) in [7, 11) is 0. The van der Waals surface area contributed by atoms with E-state index in [2.05, 4.69) is 18.8 Å². The SMILES string of the molecule is C=C(CCCC)CC(=O)CC(=O)Nc1ccccc1. The van der Waals surface area contributed by atoms with Crippen molar-refractivity contribution in [1.29, 1.82) is 0 Å². The van der Waals surface area contributed by atoms with Crippen LogP contribution in [0.5, 0.6) is 0 Å². The predicted octanol–water partition coefficient (Wildman–Crippen LogP) is 3.72. The average Bonchev–Trinajstić information content (AvgIpc) is 2.37. The number of hydrogen-bond acceptors (Lipinski definition) is 2. The standard InChI is InChI=1S/C16H21NO2/c1-3-4-8-13(2)11-15(18)12-16(19)17-14-9-6-5-7-10-14/h5-7,9-10H,2-4,8,11-12H2,1H3,(H,17,19). The highest BCUT2D eigenvalue weighted by Gasteiger charge is 2.10. The highest BCUT2D eigenvalue weighted by atomic mass is 16.2. The van der Waals surface area contributed by atoms with Crippen LogP contribution in [-0.2, 0) is 9.59 Å². The first-order valence-corrected chi connectivity index (χ1v) is 6.65. The van der Waals surface area contributed by atoms with Gasteiger partial charge in [-0.2, -0.15) is 0 Å². The molecule has 0 aromatic heterocycles. The van der Waals surface area contributed by atoms with Crippen LogP contribution in [0.2, 0.25) is 0 Å². The van der Waals surface area contributed by atoms with Crippen molar-refractivity contribution in [3.05, 3.63) is 42.5 Å². The summed E-state index contributed by atoms with van der Waals surface area (Å²) in [5.74, 6) is -0.339. The molecule has 3 nitrogen and oxygen atoms in total. The molecule has 19 heavy (non-hydrogen) atoms. The second-order valence-corrected chi connectivity index (χ2v) is 4.66. The number of carbonyl (C=O) groups is 2. The predicted molar refractivity (Wildman–Crippen MR) is 78.0 cm³/mol. The van der Waals surface area contributed by atoms with Crippen molar-refractivity contribution in [3.63, 3.8) is 0 Å². The molecule has 1 rings (SSSR count). The van der Waals surface area contributed by atoms with Gasteiger partial charge in [0.2, 0.25) is 5.91 Å². The molecule has 102 valence electrons. The van der Waals surface area contributed by atoms with E-state index >= 15 is 0 Å². The van der Waals surface area contributed by atoms with Gasteiger partial charge in [-0.05, 0) is 25.0 Å². The summed E-state index contributed by atoms with van der Waals surface area (Å²) in [4.78, 5) is 23.4. The Morgan fingerprint density at radius 2 is 1.84 bits per heavy atom. The van der Waals surface area contributed by atoms with Crippen molar-refractivity contribution < 1.29 is 9.59 Å². The third kappa shape index (κ3) is 6.55. The summed E-state index contributed by atoms with van der Waals surface area (Å²) in [6.45, 7) is 5.97. The van der Waals surface area contributed by atoms with E-state index in [0.29, 0.717) is 12.1 Å². The first-order valence-electron chi connectivity index (χ1n) is 6.65. The molecule has 0 aliphatic rings. The van der Waals surface area contributed by atoms with Crippen molar-refractivity contribution in [1.82, 2.24) is 0 Å². The normalized spacial score (nSPS) is 9.95. The van der Waals surface area contributed by atoms with Crippen LogP contribution >= 0.6 is 0 Å². The molecule has 0 fully saturated rings. The second kappa shape index (κ2) is 8.25. The second-order valence-electron chi connectivity index (χ2n) is 4.66. The molecule has 0 heterocycles. The van der Waals surface area contributed by atoms with E-state index in [4.69, 9.17) is 0 Å². The van der Waals surface area contributed by atoms with E-state index in [9.17, 15) is 9.59 Å². The largest absolute Gasteiger partial charge is 0.326 e. The van der Waals surface area contributed by atoms with E-state index < -0.39 is 0 Å². The lowest BCUT2D eigenvalue weighted by molar-refractivity contribution is -0.125. The fourth-order valence-electron chi connectivity index (χ4n) is 1.76. The lowest BCUT2D eigenvalue weighted by Crippen LogP contribution is -2.16. The summed E-state index contributed by atoms with van der Waals surface area (Å²) >= 11 is 0. The Kier molecular flexibility index (Phi) is 6.58. The zero-order valence-corrected chi connectivity index (χ0v) is 11.4. The lowest BCUT2D eigenvalue weighted by atomic mass is 10.0. The average molecular weight is 259 g/mol. The number of carbonyl (C=O) groups excluding carboxylic acids is 2. The molecular weight excluding hydrogens is 238 g/mol. The van der Waals surface area contributed by atoms with E-state index in [0.717, 1.165) is 24.8 Å². The maximum Gasteiger partial charge on any atom is 0.231 e. The summed E-state index contributed by atoms with van der Waals surface area (Å²) in [6, 6.07) is 9.14. The van der Waals surface area contributed by atoms with Crippen LogP contribution in [0.25, 0.3) is 0 Å². The molecule has 0 bridgehead atoms. The van der Waals surface area contributed by atoms with Crippen molar-refractivity contribution in [2.24, 2.45) is 0 Å². The number of rotatable bonds is 8. The minimum atomic E-state index is -0.264. The lowest BCUT2D eigenvalue weighted by Gasteiger charge is -2.06. The van der Waals surface area contributed by atoms with E-state index in [-0.39, 0.29) is 18.1 Å². The van der Waals surface area contributed by atoms with Crippen LogP contribution < -0.4 is 5.32 Å². The minimum Gasteiger partial charge on any atom is -0.326 e. The Morgan fingerprint density at radius 1 is 1.16 bits per heavy atom. The topological polar surface area (TPSA) is 46.2 Å². The highest BCUT2D eigenvalue weighted by molar-refractivity contribution is 6.04. The van der Waals surface area contributed by atoms with Crippen LogP contribution in [-0.4, -0.2) is 11.7 Å². The Labute approximate surface area is 114 Å². The number of allylic oxidation sites excluding steroid dienone is 1. The van der Waals surface area contributed by atoms with Gasteiger partial charge in [-0.3, -0.25) is 9.59 Å². The van der Waals surface area contributed by atoms with Gasteiger partial charge >= 0.3 is 0 Å². The minimum absolute atomic E-state index is 0.0745. The van der Waals surface area contributed by atoms with Crippen molar-refractivity contribution in [2.75, 3.05) is 5.32 Å². The summed E-state index contributed by atoms with van der Waals surface area (Å²) in [6.07, 6.45) is 3.22. The third-order valence-electron chi connectivity index (χ3n) is 2.75. The number of nitrogens with one attached hydrogen (secondary N) is 1. The van der Waals surface area contributed by atoms with Gasteiger partial charge in [-0.15, -0.1) is 0 Å². The number of ketones is 1. The van der Waals surface area contributed by atoms with E-state index in [1.54, 1.807) is 12.1 Å². The Bertz CT molecular complexity index is 437. The fourth-order valence-corrected chi connectivity index (χ4v) is 1.76. The zero-order valence-electron chi connectivity index (χ0n) is 11.4. The molecule has 0 aliphatic heterocycles. The van der Waals surface area contributed by atoms with Crippen molar-refractivity contribution in [3.8, 4) is 0 Å². The number of anilines is 1. The number of amides is 1. The molecule has 1 N–H and O–H groups in total. The van der Waals surface area contributed by atoms with Gasteiger partial charge in [-0.25, -0.2) is 0 Å². The van der Waals surface area contributed by atoms with Gasteiger partial charge in [0.1, 0.15) is 5.78 Å². The molecule has 0 aliphatic carbocycles. The van der Waals surface area contributed by atoms with Crippen LogP contribution in [0, 0.1) is 0 Å². The molecule has 1 amide bonds. The molecule has 0 atom stereocenters. The van der Waals surface area contributed by atoms with Gasteiger partial charge in [0.05, 0.1) is 6.42 Å². The molecule has 0 radical (unpaired) electrons. The molecule has 1 aromatic rings. The van der Waals surface area contributed by atoms with E-state index in [1.165, 1.54) is 0 Å². The molecule has 0 saturated heterocycles. The van der Waals surface area contributed by atoms with Gasteiger partial charge in [0, 0.05) is 12.1 Å². The van der Waals surface area contributed by atoms with Gasteiger partial charge in [0.15, 0.2) is 0 Å². The smallest absolute Gasteiger partial charge is 0.231 e. The zero-order chi connectivity index (χ0) is 14.1. The molecule has 0 spiro atoms. The van der Waals surface area contributed by atoms with Gasteiger partial charge in [-0.1, -0.05) is 43.7 Å². The highest BCUT2D eigenvalue weighted by Crippen LogP contribution is 2.11. The third-order valence-corrected chi connectivity index (χ3v) is 2.75. The summed E-state index contributed by atoms with van der Waals surface area (Å²) in [5, 5.41) is 2.70. The number of Topliss-reactive ketones (excluding diaryl/α,β-unsaturated/α-hetero) is 1. The van der Waals surface area contributed by atoms with Crippen LogP contribution in [0.3, 0.4) is 0 Å². The summed E-state index contributed by atoms with van der Waals surface area (Å²) in [5.41, 5.74) is 1.63. The van der Waals surface area contributed by atoms with Gasteiger partial charge < -0.3 is 5.32 Å². The Balaban J connectivity index is 2.32. The number of hydrogen-bond donors (Lipinski definition) is 1. The molecule has 1 aromatic carbocycles. The maximum absolute atomic E-state index is 11.7. The maximum atomic E-state index is 11.7. The first kappa shape index (κ1) is 15.2. The van der Waals surface area contributed by atoms with Crippen LogP contribution in [0.1, 0.15) is 39.0 Å². The Morgan fingerprint density at radius 3 is 2.47 bits per heavy atom. The Hall–Kier alpha value is -1.90. The van der Waals surface area contributed by atoms with E-state index in [1.807, 2.05) is 18.2 Å². The molecule has 0 unspecified atom stereocenters. The fraction of sp³-hybridized carbons (Fsp3) is 0.375. The van der Waals surface area contributed by atoms with Gasteiger partial charge in [0.25, 0.3) is 0 Å². The monoisotopic (exact) mass is 259 g/mol. The number of para-hydroxylation sites is 1. The van der Waals surface area contributed by atoms with Crippen LogP contribution in [0.4, 0.5) is 5.69 Å². The summed E-state index contributed by atoms with van der Waals surface area (Å²) < 4.78 is 0. The first-order chi connectivity index (χ1) is 9.11. The number of unbranched alkanes of at least 4 members (excludes halogenated alkanes) is 1. The molecule has 3 heteroatoms. The van der Waals surface area contributed by atoms with Crippen molar-refractivity contribution in [2.45, 2.75) is 39.0 Å². The van der Waals surface area contributed by atoms with Crippen LogP contribution in [0.15, 0.2) is 42.5 Å². The molecular formula is C16H21NO2. The quantitative estimate of drug-likeness (QED) is 0.571.